The van der Waals surface area contributed by atoms with E-state index in [1.807, 2.05) is 28.2 Å². The molecule has 0 amide bonds. The fourth-order valence-corrected chi connectivity index (χ4v) is 2.86. The van der Waals surface area contributed by atoms with Crippen LogP contribution in [0.5, 0.6) is 0 Å². The van der Waals surface area contributed by atoms with E-state index in [4.69, 9.17) is 4.74 Å². The molecule has 2 rings (SSSR count). The average Bonchev–Trinajstić information content (AvgIpc) is 2.63. The molecular formula is C13H26N4O. The van der Waals surface area contributed by atoms with E-state index < -0.39 is 0 Å². The number of nitrogens with zero attached hydrogens (tertiary/aromatic N) is 4. The summed E-state index contributed by atoms with van der Waals surface area (Å²) in [6.07, 6.45) is 3.45. The van der Waals surface area contributed by atoms with Gasteiger partial charge in [0.15, 0.2) is 5.96 Å². The molecule has 2 bridgehead atoms. The summed E-state index contributed by atoms with van der Waals surface area (Å²) >= 11 is 0. The second-order valence-corrected chi connectivity index (χ2v) is 5.69. The minimum Gasteiger partial charge on any atom is -0.372 e. The minimum atomic E-state index is 0.481. The zero-order chi connectivity index (χ0) is 13.1. The van der Waals surface area contributed by atoms with Crippen LogP contribution >= 0.6 is 0 Å². The largest absolute Gasteiger partial charge is 0.372 e. The minimum absolute atomic E-state index is 0.481. The smallest absolute Gasteiger partial charge is 0.195 e. The Bertz CT molecular complexity index is 281. The maximum Gasteiger partial charge on any atom is 0.195 e. The maximum absolute atomic E-state index is 5.84. The van der Waals surface area contributed by atoms with Crippen LogP contribution in [0.15, 0.2) is 4.99 Å². The van der Waals surface area contributed by atoms with Gasteiger partial charge >= 0.3 is 0 Å². The van der Waals surface area contributed by atoms with Gasteiger partial charge in [0.1, 0.15) is 0 Å². The van der Waals surface area contributed by atoms with Crippen LogP contribution in [0.3, 0.4) is 0 Å². The molecule has 2 aliphatic heterocycles. The van der Waals surface area contributed by atoms with Gasteiger partial charge in [-0.05, 0) is 12.8 Å². The lowest BCUT2D eigenvalue weighted by Crippen LogP contribution is -2.44. The van der Waals surface area contributed by atoms with Crippen molar-refractivity contribution >= 4 is 5.96 Å². The SMILES string of the molecule is CN(C)C(=NCCN1CC2CCC(C1)O2)N(C)C. The number of hydrogen-bond donors (Lipinski definition) is 0. The molecule has 0 saturated carbocycles. The molecule has 0 N–H and O–H groups in total. The third-order valence-corrected chi connectivity index (χ3v) is 3.59. The molecule has 0 radical (unpaired) electrons. The molecule has 2 fully saturated rings. The van der Waals surface area contributed by atoms with Crippen molar-refractivity contribution in [2.75, 3.05) is 54.4 Å². The molecule has 5 nitrogen and oxygen atoms in total. The highest BCUT2D eigenvalue weighted by molar-refractivity contribution is 5.79. The van der Waals surface area contributed by atoms with Gasteiger partial charge in [-0.2, -0.15) is 0 Å². The summed E-state index contributed by atoms with van der Waals surface area (Å²) in [5.74, 6) is 1.03. The van der Waals surface area contributed by atoms with Crippen LogP contribution < -0.4 is 0 Å². The first kappa shape index (κ1) is 13.6. The van der Waals surface area contributed by atoms with Gasteiger partial charge in [0.25, 0.3) is 0 Å². The normalized spacial score (nSPS) is 27.1. The van der Waals surface area contributed by atoms with E-state index in [2.05, 4.69) is 19.7 Å². The Balaban J connectivity index is 1.79. The van der Waals surface area contributed by atoms with E-state index >= 15 is 0 Å². The topological polar surface area (TPSA) is 31.3 Å². The second-order valence-electron chi connectivity index (χ2n) is 5.69. The van der Waals surface area contributed by atoms with Gasteiger partial charge in [0.05, 0.1) is 18.8 Å². The first-order chi connectivity index (χ1) is 8.56. The van der Waals surface area contributed by atoms with Gasteiger partial charge < -0.3 is 14.5 Å². The third kappa shape index (κ3) is 3.36. The Kier molecular flexibility index (Phi) is 4.45. The highest BCUT2D eigenvalue weighted by atomic mass is 16.5. The van der Waals surface area contributed by atoms with Crippen LogP contribution in [0.2, 0.25) is 0 Å². The van der Waals surface area contributed by atoms with E-state index in [0.29, 0.717) is 12.2 Å². The molecule has 2 atom stereocenters. The number of guanidine groups is 1. The summed E-state index contributed by atoms with van der Waals surface area (Å²) in [5, 5.41) is 0. The van der Waals surface area contributed by atoms with E-state index in [1.165, 1.54) is 12.8 Å². The Morgan fingerprint density at radius 1 is 1.11 bits per heavy atom. The van der Waals surface area contributed by atoms with E-state index in [9.17, 15) is 0 Å². The van der Waals surface area contributed by atoms with Crippen molar-refractivity contribution in [3.63, 3.8) is 0 Å². The molecule has 104 valence electrons. The first-order valence-corrected chi connectivity index (χ1v) is 6.83. The van der Waals surface area contributed by atoms with Gasteiger partial charge in [-0.15, -0.1) is 0 Å². The van der Waals surface area contributed by atoms with Gasteiger partial charge in [-0.1, -0.05) is 0 Å². The Morgan fingerprint density at radius 2 is 1.67 bits per heavy atom. The third-order valence-electron chi connectivity index (χ3n) is 3.59. The predicted octanol–water partition coefficient (Wildman–Crippen LogP) is 0.329. The molecular weight excluding hydrogens is 228 g/mol. The summed E-state index contributed by atoms with van der Waals surface area (Å²) < 4.78 is 5.84. The van der Waals surface area contributed by atoms with Gasteiger partial charge in [0.2, 0.25) is 0 Å². The van der Waals surface area contributed by atoms with Gasteiger partial charge in [-0.25, -0.2) is 0 Å². The summed E-state index contributed by atoms with van der Waals surface area (Å²) in [6, 6.07) is 0. The standard InChI is InChI=1S/C13H26N4O/c1-15(2)13(16(3)4)14-7-8-17-9-11-5-6-12(10-17)18-11/h11-12H,5-10H2,1-4H3. The van der Waals surface area contributed by atoms with Crippen molar-refractivity contribution in [2.45, 2.75) is 25.0 Å². The fraction of sp³-hybridized carbons (Fsp3) is 0.923. The van der Waals surface area contributed by atoms with E-state index in [0.717, 1.165) is 32.1 Å². The second kappa shape index (κ2) is 5.89. The number of ether oxygens (including phenoxy) is 1. The number of hydrogen-bond acceptors (Lipinski definition) is 3. The monoisotopic (exact) mass is 254 g/mol. The van der Waals surface area contributed by atoms with E-state index in [-0.39, 0.29) is 0 Å². The maximum atomic E-state index is 5.84. The molecule has 0 aliphatic carbocycles. The molecule has 5 heteroatoms. The van der Waals surface area contributed by atoms with Crippen molar-refractivity contribution in [3.8, 4) is 0 Å². The molecule has 2 heterocycles. The summed E-state index contributed by atoms with van der Waals surface area (Å²) in [4.78, 5) is 11.3. The summed E-state index contributed by atoms with van der Waals surface area (Å²) in [5.41, 5.74) is 0. The van der Waals surface area contributed by atoms with Crippen LogP contribution in [0.1, 0.15) is 12.8 Å². The van der Waals surface area contributed by atoms with Crippen molar-refractivity contribution in [2.24, 2.45) is 4.99 Å². The fourth-order valence-electron chi connectivity index (χ4n) is 2.86. The number of likely N-dealkylation sites (tertiary alicyclic amines) is 1. The Hall–Kier alpha value is -0.810. The van der Waals surface area contributed by atoms with Crippen LogP contribution in [0.4, 0.5) is 0 Å². The van der Waals surface area contributed by atoms with Crippen molar-refractivity contribution in [3.05, 3.63) is 0 Å². The van der Waals surface area contributed by atoms with Crippen LogP contribution in [-0.2, 0) is 4.74 Å². The summed E-state index contributed by atoms with van der Waals surface area (Å²) in [6.45, 7) is 4.09. The van der Waals surface area contributed by atoms with E-state index in [1.54, 1.807) is 0 Å². The van der Waals surface area contributed by atoms with Gasteiger partial charge in [0, 0.05) is 47.8 Å². The van der Waals surface area contributed by atoms with Gasteiger partial charge in [-0.3, -0.25) is 9.89 Å². The number of aliphatic imine (C=N–C) groups is 1. The lowest BCUT2D eigenvalue weighted by atomic mass is 10.2. The summed E-state index contributed by atoms with van der Waals surface area (Å²) in [7, 11) is 8.14. The van der Waals surface area contributed by atoms with Crippen molar-refractivity contribution in [1.82, 2.24) is 14.7 Å². The lowest BCUT2D eigenvalue weighted by Gasteiger charge is -2.31. The zero-order valence-electron chi connectivity index (χ0n) is 12.1. The zero-order valence-corrected chi connectivity index (χ0v) is 12.1. The average molecular weight is 254 g/mol. The molecule has 0 aromatic carbocycles. The first-order valence-electron chi connectivity index (χ1n) is 6.83. The molecule has 0 aromatic heterocycles. The van der Waals surface area contributed by atoms with Crippen molar-refractivity contribution in [1.29, 1.82) is 0 Å². The molecule has 0 aromatic rings. The number of rotatable bonds is 3. The molecule has 2 aliphatic rings. The van der Waals surface area contributed by atoms with Crippen LogP contribution in [0, 0.1) is 0 Å². The van der Waals surface area contributed by atoms with Crippen LogP contribution in [0.25, 0.3) is 0 Å². The Labute approximate surface area is 110 Å². The van der Waals surface area contributed by atoms with Crippen molar-refractivity contribution < 1.29 is 4.74 Å². The lowest BCUT2D eigenvalue weighted by molar-refractivity contribution is -0.0370. The molecule has 2 saturated heterocycles. The predicted molar refractivity (Wildman–Crippen MR) is 74.0 cm³/mol. The highest BCUT2D eigenvalue weighted by Crippen LogP contribution is 2.25. The number of fused-ring (bicyclic) bond motifs is 2. The molecule has 18 heavy (non-hydrogen) atoms. The molecule has 0 spiro atoms. The number of morpholine rings is 1. The van der Waals surface area contributed by atoms with Crippen LogP contribution in [-0.4, -0.2) is 87.2 Å². The molecule has 2 unspecified atom stereocenters. The quantitative estimate of drug-likeness (QED) is 0.536. The Morgan fingerprint density at radius 3 is 2.17 bits per heavy atom. The highest BCUT2D eigenvalue weighted by Gasteiger charge is 2.33.